The van der Waals surface area contributed by atoms with Crippen LogP contribution in [-0.2, 0) is 0 Å². The molecule has 0 heterocycles. The second kappa shape index (κ2) is 5.83. The molecule has 0 bridgehead atoms. The highest BCUT2D eigenvalue weighted by molar-refractivity contribution is 6.31. The first-order valence-electron chi connectivity index (χ1n) is 6.33. The first-order chi connectivity index (χ1) is 8.20. The number of hydrogen-bond acceptors (Lipinski definition) is 1. The fraction of sp³-hybridized carbons (Fsp3) is 0.571. The Hall–Kier alpha value is -0.600. The molecule has 0 saturated heterocycles. The van der Waals surface area contributed by atoms with Gasteiger partial charge < -0.3 is 5.32 Å². The Kier molecular flexibility index (Phi) is 4.41. The molecule has 1 nitrogen and oxygen atoms in total. The Balaban J connectivity index is 2.13. The molecule has 0 spiro atoms. The average molecular weight is 256 g/mol. The van der Waals surface area contributed by atoms with E-state index < -0.39 is 0 Å². The van der Waals surface area contributed by atoms with Crippen LogP contribution < -0.4 is 5.32 Å². The molecule has 0 amide bonds. The second-order valence-electron chi connectivity index (χ2n) is 4.89. The van der Waals surface area contributed by atoms with Crippen molar-refractivity contribution in [3.63, 3.8) is 0 Å². The molecule has 1 aliphatic rings. The van der Waals surface area contributed by atoms with E-state index in [1.807, 2.05) is 7.05 Å². The van der Waals surface area contributed by atoms with Crippen molar-refractivity contribution in [2.45, 2.75) is 38.1 Å². The van der Waals surface area contributed by atoms with Gasteiger partial charge in [0.25, 0.3) is 0 Å². The molecular formula is C14H19ClFN. The highest BCUT2D eigenvalue weighted by atomic mass is 35.5. The van der Waals surface area contributed by atoms with E-state index in [9.17, 15) is 4.39 Å². The largest absolute Gasteiger partial charge is 0.313 e. The molecule has 1 unspecified atom stereocenters. The van der Waals surface area contributed by atoms with E-state index in [1.165, 1.54) is 31.7 Å². The van der Waals surface area contributed by atoms with Crippen molar-refractivity contribution in [3.8, 4) is 0 Å². The maximum absolute atomic E-state index is 13.3. The van der Waals surface area contributed by atoms with Crippen LogP contribution in [0.2, 0.25) is 5.02 Å². The lowest BCUT2D eigenvalue weighted by Crippen LogP contribution is -2.19. The van der Waals surface area contributed by atoms with E-state index in [-0.39, 0.29) is 11.9 Å². The zero-order valence-corrected chi connectivity index (χ0v) is 10.9. The van der Waals surface area contributed by atoms with Gasteiger partial charge in [0, 0.05) is 11.1 Å². The first-order valence-corrected chi connectivity index (χ1v) is 6.70. The summed E-state index contributed by atoms with van der Waals surface area (Å²) in [7, 11) is 1.92. The Labute approximate surface area is 107 Å². The number of rotatable bonds is 4. The zero-order valence-electron chi connectivity index (χ0n) is 10.2. The Morgan fingerprint density at radius 1 is 1.41 bits per heavy atom. The first kappa shape index (κ1) is 12.8. The number of benzene rings is 1. The van der Waals surface area contributed by atoms with Crippen molar-refractivity contribution in [1.82, 2.24) is 5.32 Å². The lowest BCUT2D eigenvalue weighted by atomic mass is 9.93. The van der Waals surface area contributed by atoms with Crippen molar-refractivity contribution in [2.24, 2.45) is 5.92 Å². The van der Waals surface area contributed by atoms with Crippen molar-refractivity contribution in [1.29, 1.82) is 0 Å². The molecule has 17 heavy (non-hydrogen) atoms. The molecule has 1 atom stereocenters. The van der Waals surface area contributed by atoms with Gasteiger partial charge in [0.05, 0.1) is 0 Å². The van der Waals surface area contributed by atoms with Crippen molar-refractivity contribution < 1.29 is 4.39 Å². The van der Waals surface area contributed by atoms with Crippen LogP contribution in [0.4, 0.5) is 4.39 Å². The molecule has 1 N–H and O–H groups in total. The summed E-state index contributed by atoms with van der Waals surface area (Å²) in [5.74, 6) is 0.544. The fourth-order valence-electron chi connectivity index (χ4n) is 2.76. The number of halogens is 2. The van der Waals surface area contributed by atoms with Crippen LogP contribution in [0, 0.1) is 11.7 Å². The molecule has 3 heteroatoms. The van der Waals surface area contributed by atoms with Gasteiger partial charge in [0.2, 0.25) is 0 Å². The normalized spacial score (nSPS) is 18.5. The van der Waals surface area contributed by atoms with E-state index in [0.717, 1.165) is 17.9 Å². The van der Waals surface area contributed by atoms with Crippen molar-refractivity contribution in [3.05, 3.63) is 34.6 Å². The maximum atomic E-state index is 13.3. The lowest BCUT2D eigenvalue weighted by molar-refractivity contribution is 0.412. The van der Waals surface area contributed by atoms with Crippen LogP contribution in [0.3, 0.4) is 0 Å². The summed E-state index contributed by atoms with van der Waals surface area (Å²) in [6.45, 7) is 0. The van der Waals surface area contributed by atoms with Crippen LogP contribution in [0.25, 0.3) is 0 Å². The SMILES string of the molecule is CNC(CC1CCCC1)c1cc(F)ccc1Cl. The quantitative estimate of drug-likeness (QED) is 0.845. The van der Waals surface area contributed by atoms with E-state index in [0.29, 0.717) is 5.02 Å². The molecule has 94 valence electrons. The van der Waals surface area contributed by atoms with Gasteiger partial charge in [-0.3, -0.25) is 0 Å². The highest BCUT2D eigenvalue weighted by Crippen LogP contribution is 2.35. The van der Waals surface area contributed by atoms with E-state index in [2.05, 4.69) is 5.32 Å². The van der Waals surface area contributed by atoms with Crippen LogP contribution in [-0.4, -0.2) is 7.05 Å². The van der Waals surface area contributed by atoms with E-state index in [4.69, 9.17) is 11.6 Å². The topological polar surface area (TPSA) is 12.0 Å². The molecule has 2 rings (SSSR count). The number of nitrogens with one attached hydrogen (secondary N) is 1. The summed E-state index contributed by atoms with van der Waals surface area (Å²) in [6, 6.07) is 4.78. The minimum atomic E-state index is -0.212. The summed E-state index contributed by atoms with van der Waals surface area (Å²) < 4.78 is 13.3. The minimum absolute atomic E-state index is 0.168. The summed E-state index contributed by atoms with van der Waals surface area (Å²) in [5.41, 5.74) is 0.890. The minimum Gasteiger partial charge on any atom is -0.313 e. The third-order valence-corrected chi connectivity index (χ3v) is 4.07. The maximum Gasteiger partial charge on any atom is 0.123 e. The zero-order chi connectivity index (χ0) is 12.3. The molecule has 1 aromatic rings. The van der Waals surface area contributed by atoms with Gasteiger partial charge in [-0.2, -0.15) is 0 Å². The van der Waals surface area contributed by atoms with Crippen LogP contribution in [0.5, 0.6) is 0 Å². The highest BCUT2D eigenvalue weighted by Gasteiger charge is 2.21. The molecule has 0 radical (unpaired) electrons. The van der Waals surface area contributed by atoms with Gasteiger partial charge in [-0.15, -0.1) is 0 Å². The summed E-state index contributed by atoms with van der Waals surface area (Å²) in [5, 5.41) is 3.92. The summed E-state index contributed by atoms with van der Waals surface area (Å²) in [4.78, 5) is 0. The molecular weight excluding hydrogens is 237 g/mol. The monoisotopic (exact) mass is 255 g/mol. The third kappa shape index (κ3) is 3.20. The standard InChI is InChI=1S/C14H19ClFN/c1-17-14(8-10-4-2-3-5-10)12-9-11(16)6-7-13(12)15/h6-7,9-10,14,17H,2-5,8H2,1H3. The molecule has 1 aromatic carbocycles. The molecule has 1 saturated carbocycles. The van der Waals surface area contributed by atoms with Crippen LogP contribution >= 0.6 is 11.6 Å². The Morgan fingerprint density at radius 3 is 2.76 bits per heavy atom. The third-order valence-electron chi connectivity index (χ3n) is 3.73. The van der Waals surface area contributed by atoms with Gasteiger partial charge in [0.15, 0.2) is 0 Å². The van der Waals surface area contributed by atoms with Gasteiger partial charge >= 0.3 is 0 Å². The smallest absolute Gasteiger partial charge is 0.123 e. The van der Waals surface area contributed by atoms with Crippen molar-refractivity contribution in [2.75, 3.05) is 7.05 Å². The summed E-state index contributed by atoms with van der Waals surface area (Å²) in [6.07, 6.45) is 6.31. The average Bonchev–Trinajstić information content (AvgIpc) is 2.82. The Bertz CT molecular complexity index is 374. The van der Waals surface area contributed by atoms with Crippen molar-refractivity contribution >= 4 is 11.6 Å². The predicted molar refractivity (Wildman–Crippen MR) is 69.8 cm³/mol. The predicted octanol–water partition coefficient (Wildman–Crippen LogP) is 4.32. The van der Waals surface area contributed by atoms with Gasteiger partial charge in [-0.25, -0.2) is 4.39 Å². The van der Waals surface area contributed by atoms with Crippen LogP contribution in [0.15, 0.2) is 18.2 Å². The van der Waals surface area contributed by atoms with Gasteiger partial charge in [0.1, 0.15) is 5.82 Å². The molecule has 0 aromatic heterocycles. The van der Waals surface area contributed by atoms with Gasteiger partial charge in [-0.1, -0.05) is 37.3 Å². The van der Waals surface area contributed by atoms with Gasteiger partial charge in [-0.05, 0) is 43.1 Å². The number of hydrogen-bond donors (Lipinski definition) is 1. The second-order valence-corrected chi connectivity index (χ2v) is 5.30. The lowest BCUT2D eigenvalue weighted by Gasteiger charge is -2.21. The molecule has 1 fully saturated rings. The fourth-order valence-corrected chi connectivity index (χ4v) is 3.01. The van der Waals surface area contributed by atoms with Crippen LogP contribution in [0.1, 0.15) is 43.7 Å². The Morgan fingerprint density at radius 2 is 2.12 bits per heavy atom. The van der Waals surface area contributed by atoms with E-state index in [1.54, 1.807) is 12.1 Å². The molecule has 0 aliphatic heterocycles. The molecule has 1 aliphatic carbocycles. The summed E-state index contributed by atoms with van der Waals surface area (Å²) >= 11 is 6.15. The van der Waals surface area contributed by atoms with E-state index >= 15 is 0 Å².